The summed E-state index contributed by atoms with van der Waals surface area (Å²) in [6.45, 7) is 3.96. The number of anilines is 2. The quantitative estimate of drug-likeness (QED) is 0.421. The fraction of sp³-hybridized carbons (Fsp3) is 0.208. The fourth-order valence-electron chi connectivity index (χ4n) is 4.01. The van der Waals surface area contributed by atoms with Gasteiger partial charge in [-0.1, -0.05) is 63.0 Å². The summed E-state index contributed by atoms with van der Waals surface area (Å²) in [5, 5.41) is 12.1. The van der Waals surface area contributed by atoms with Crippen molar-refractivity contribution >= 4 is 49.3 Å². The maximum Gasteiger partial charge on any atom is 0.332 e. The van der Waals surface area contributed by atoms with Gasteiger partial charge in [0.15, 0.2) is 5.72 Å². The van der Waals surface area contributed by atoms with Crippen LogP contribution in [0.3, 0.4) is 0 Å². The van der Waals surface area contributed by atoms with Gasteiger partial charge in [0.2, 0.25) is 0 Å². The maximum atomic E-state index is 13.7. The molecule has 1 saturated heterocycles. The third-order valence-corrected chi connectivity index (χ3v) is 6.72. The number of aliphatic hydroxyl groups is 1. The third-order valence-electron chi connectivity index (χ3n) is 5.66. The van der Waals surface area contributed by atoms with Gasteiger partial charge in [0.25, 0.3) is 0 Å². The lowest BCUT2D eigenvalue weighted by atomic mass is 9.92. The first kappa shape index (κ1) is 21.1. The molecule has 1 N–H and O–H groups in total. The van der Waals surface area contributed by atoms with Gasteiger partial charge in [0.1, 0.15) is 0 Å². The van der Waals surface area contributed by atoms with E-state index in [0.29, 0.717) is 11.3 Å². The Bertz CT molecular complexity index is 1070. The molecule has 0 aromatic heterocycles. The summed E-state index contributed by atoms with van der Waals surface area (Å²) < 4.78 is 1.84. The summed E-state index contributed by atoms with van der Waals surface area (Å²) in [6, 6.07) is 22.1. The molecule has 1 aliphatic rings. The Balaban J connectivity index is 1.90. The molecule has 0 saturated carbocycles. The van der Waals surface area contributed by atoms with Crippen molar-refractivity contribution in [2.45, 2.75) is 32.0 Å². The number of carbonyl (C=O) groups excluding carboxylic acids is 1. The standard InChI is InChI=1S/C24H22Br2N2O2/c1-3-17-5-4-6-18(15-17)24(30)16(2)27(21-11-7-19(25)8-12-21)23(29)28(24)22-13-9-20(26)10-14-22/h4-16,30H,3H2,1-2H3. The zero-order valence-corrected chi connectivity index (χ0v) is 19.9. The van der Waals surface area contributed by atoms with Crippen LogP contribution in [0, 0.1) is 0 Å². The number of amides is 2. The van der Waals surface area contributed by atoms with Gasteiger partial charge < -0.3 is 5.11 Å². The predicted molar refractivity (Wildman–Crippen MR) is 128 cm³/mol. The Kier molecular flexibility index (Phi) is 5.75. The van der Waals surface area contributed by atoms with E-state index < -0.39 is 11.8 Å². The minimum atomic E-state index is -1.52. The van der Waals surface area contributed by atoms with E-state index in [1.54, 1.807) is 4.90 Å². The molecule has 6 heteroatoms. The number of benzene rings is 3. The van der Waals surface area contributed by atoms with E-state index in [1.165, 1.54) is 4.90 Å². The van der Waals surface area contributed by atoms with Gasteiger partial charge in [-0.25, -0.2) is 4.79 Å². The first-order chi connectivity index (χ1) is 14.4. The molecular weight excluding hydrogens is 508 g/mol. The zero-order valence-electron chi connectivity index (χ0n) is 16.7. The van der Waals surface area contributed by atoms with E-state index in [1.807, 2.05) is 79.7 Å². The van der Waals surface area contributed by atoms with Gasteiger partial charge in [-0.3, -0.25) is 9.80 Å². The third kappa shape index (κ3) is 3.47. The van der Waals surface area contributed by atoms with E-state index in [0.717, 1.165) is 26.6 Å². The van der Waals surface area contributed by atoms with Gasteiger partial charge in [-0.05, 0) is 67.4 Å². The molecule has 4 rings (SSSR count). The highest BCUT2D eigenvalue weighted by molar-refractivity contribution is 9.10. The molecule has 0 aliphatic carbocycles. The van der Waals surface area contributed by atoms with Crippen LogP contribution in [0.5, 0.6) is 0 Å². The number of aryl methyl sites for hydroxylation is 1. The van der Waals surface area contributed by atoms with Gasteiger partial charge in [0, 0.05) is 25.9 Å². The number of nitrogens with zero attached hydrogens (tertiary/aromatic N) is 2. The molecular formula is C24H22Br2N2O2. The van der Waals surface area contributed by atoms with Crippen LogP contribution in [-0.2, 0) is 12.1 Å². The topological polar surface area (TPSA) is 43.8 Å². The van der Waals surface area contributed by atoms with E-state index in [-0.39, 0.29) is 6.03 Å². The van der Waals surface area contributed by atoms with Crippen LogP contribution in [-0.4, -0.2) is 17.2 Å². The summed E-state index contributed by atoms with van der Waals surface area (Å²) in [5.74, 6) is 0. The second-order valence-corrected chi connectivity index (χ2v) is 9.23. The average Bonchev–Trinajstić information content (AvgIpc) is 2.96. The molecule has 0 spiro atoms. The lowest BCUT2D eigenvalue weighted by Gasteiger charge is -2.36. The smallest absolute Gasteiger partial charge is 0.332 e. The highest BCUT2D eigenvalue weighted by atomic mass is 79.9. The Morgan fingerprint density at radius 3 is 2.07 bits per heavy atom. The van der Waals surface area contributed by atoms with Crippen molar-refractivity contribution in [3.63, 3.8) is 0 Å². The molecule has 1 heterocycles. The summed E-state index contributed by atoms with van der Waals surface area (Å²) in [5.41, 5.74) is 1.66. The largest absolute Gasteiger partial charge is 0.365 e. The van der Waals surface area contributed by atoms with Gasteiger partial charge >= 0.3 is 6.03 Å². The molecule has 3 aromatic carbocycles. The van der Waals surface area contributed by atoms with Crippen LogP contribution in [0.1, 0.15) is 25.0 Å². The number of urea groups is 1. The van der Waals surface area contributed by atoms with Crippen LogP contribution in [0.2, 0.25) is 0 Å². The van der Waals surface area contributed by atoms with Crippen molar-refractivity contribution in [3.8, 4) is 0 Å². The van der Waals surface area contributed by atoms with E-state index in [2.05, 4.69) is 38.8 Å². The van der Waals surface area contributed by atoms with Gasteiger partial charge in [0.05, 0.1) is 6.04 Å². The minimum Gasteiger partial charge on any atom is -0.365 e. The van der Waals surface area contributed by atoms with Crippen LogP contribution in [0.4, 0.5) is 16.2 Å². The monoisotopic (exact) mass is 528 g/mol. The molecule has 4 nitrogen and oxygen atoms in total. The van der Waals surface area contributed by atoms with E-state index in [9.17, 15) is 9.90 Å². The van der Waals surface area contributed by atoms with Crippen LogP contribution < -0.4 is 9.80 Å². The van der Waals surface area contributed by atoms with Crippen molar-refractivity contribution in [1.29, 1.82) is 0 Å². The molecule has 1 fully saturated rings. The number of hydrogen-bond donors (Lipinski definition) is 1. The molecule has 3 aromatic rings. The van der Waals surface area contributed by atoms with Crippen molar-refractivity contribution in [1.82, 2.24) is 0 Å². The average molecular weight is 530 g/mol. The molecule has 154 valence electrons. The zero-order chi connectivity index (χ0) is 21.5. The Hall–Kier alpha value is -2.15. The molecule has 2 unspecified atom stereocenters. The van der Waals surface area contributed by atoms with Crippen LogP contribution in [0.15, 0.2) is 81.7 Å². The molecule has 0 bridgehead atoms. The van der Waals surface area contributed by atoms with E-state index in [4.69, 9.17) is 0 Å². The predicted octanol–water partition coefficient (Wildman–Crippen LogP) is 6.45. The minimum absolute atomic E-state index is 0.267. The lowest BCUT2D eigenvalue weighted by molar-refractivity contribution is 0.0371. The molecule has 1 aliphatic heterocycles. The van der Waals surface area contributed by atoms with Crippen molar-refractivity contribution in [2.75, 3.05) is 9.80 Å². The lowest BCUT2D eigenvalue weighted by Crippen LogP contribution is -2.48. The summed E-state index contributed by atoms with van der Waals surface area (Å²) in [6.07, 6.45) is 0.848. The Labute approximate surface area is 193 Å². The van der Waals surface area contributed by atoms with Crippen LogP contribution >= 0.6 is 31.9 Å². The second-order valence-electron chi connectivity index (χ2n) is 7.40. The first-order valence-corrected chi connectivity index (χ1v) is 11.4. The van der Waals surface area contributed by atoms with E-state index >= 15 is 0 Å². The number of hydrogen-bond acceptors (Lipinski definition) is 2. The Morgan fingerprint density at radius 2 is 1.50 bits per heavy atom. The molecule has 2 amide bonds. The molecule has 30 heavy (non-hydrogen) atoms. The normalized spacial score (nSPS) is 21.4. The summed E-state index contributed by atoms with van der Waals surface area (Å²) >= 11 is 6.89. The molecule has 0 radical (unpaired) electrons. The van der Waals surface area contributed by atoms with Crippen molar-refractivity contribution in [3.05, 3.63) is 92.9 Å². The fourth-order valence-corrected chi connectivity index (χ4v) is 4.54. The number of carbonyl (C=O) groups is 1. The SMILES string of the molecule is CCc1cccc(C2(O)C(C)N(c3ccc(Br)cc3)C(=O)N2c2ccc(Br)cc2)c1. The number of rotatable bonds is 4. The summed E-state index contributed by atoms with van der Waals surface area (Å²) in [4.78, 5) is 16.9. The maximum absolute atomic E-state index is 13.7. The van der Waals surface area contributed by atoms with Crippen molar-refractivity contribution < 1.29 is 9.90 Å². The molecule has 2 atom stereocenters. The number of halogens is 2. The van der Waals surface area contributed by atoms with Crippen molar-refractivity contribution in [2.24, 2.45) is 0 Å². The second kappa shape index (κ2) is 8.17. The first-order valence-electron chi connectivity index (χ1n) is 9.82. The Morgan fingerprint density at radius 1 is 0.933 bits per heavy atom. The highest BCUT2D eigenvalue weighted by Gasteiger charge is 2.56. The highest BCUT2D eigenvalue weighted by Crippen LogP contribution is 2.44. The summed E-state index contributed by atoms with van der Waals surface area (Å²) in [7, 11) is 0. The van der Waals surface area contributed by atoms with Gasteiger partial charge in [-0.15, -0.1) is 0 Å². The van der Waals surface area contributed by atoms with Crippen LogP contribution in [0.25, 0.3) is 0 Å². The van der Waals surface area contributed by atoms with Gasteiger partial charge in [-0.2, -0.15) is 0 Å².